The molecule has 3 rings (SSSR count). The number of benzene rings is 1. The van der Waals surface area contributed by atoms with Crippen LogP contribution in [0.2, 0.25) is 0 Å². The van der Waals surface area contributed by atoms with E-state index in [9.17, 15) is 4.79 Å². The van der Waals surface area contributed by atoms with E-state index in [4.69, 9.17) is 17.0 Å². The van der Waals surface area contributed by atoms with Crippen LogP contribution in [0.4, 0.5) is 0 Å². The summed E-state index contributed by atoms with van der Waals surface area (Å²) >= 11 is 7.19. The number of nitrogens with one attached hydrogen (secondary N) is 2. The number of rotatable bonds is 6. The predicted molar refractivity (Wildman–Crippen MR) is 111 cm³/mol. The number of aromatic amines is 1. The lowest BCUT2D eigenvalue weighted by Crippen LogP contribution is -2.39. The number of hydrogen-bond donors (Lipinski definition) is 2. The molecular formula is C19H21N3O2S2. The van der Waals surface area contributed by atoms with Crippen LogP contribution in [0, 0.1) is 0 Å². The van der Waals surface area contributed by atoms with Crippen LogP contribution in [-0.4, -0.2) is 28.7 Å². The number of aromatic nitrogens is 1. The second-order valence-electron chi connectivity index (χ2n) is 5.85. The first kappa shape index (κ1) is 18.4. The van der Waals surface area contributed by atoms with Gasteiger partial charge in [0.1, 0.15) is 5.75 Å². The van der Waals surface area contributed by atoms with Gasteiger partial charge in [-0.1, -0.05) is 6.07 Å². The van der Waals surface area contributed by atoms with Gasteiger partial charge in [-0.2, -0.15) is 0 Å². The topological polar surface area (TPSA) is 57.4 Å². The van der Waals surface area contributed by atoms with Crippen LogP contribution < -0.4 is 15.6 Å². The molecule has 2 N–H and O–H groups in total. The van der Waals surface area contributed by atoms with Gasteiger partial charge in [-0.05, 0) is 54.2 Å². The van der Waals surface area contributed by atoms with Crippen LogP contribution in [0.3, 0.4) is 0 Å². The summed E-state index contributed by atoms with van der Waals surface area (Å²) in [4.78, 5) is 18.7. The van der Waals surface area contributed by atoms with E-state index in [0.717, 1.165) is 17.4 Å². The fourth-order valence-corrected chi connectivity index (χ4v) is 3.72. The Kier molecular flexibility index (Phi) is 5.90. The Morgan fingerprint density at radius 1 is 1.31 bits per heavy atom. The minimum Gasteiger partial charge on any atom is -0.497 e. The summed E-state index contributed by atoms with van der Waals surface area (Å²) in [5.41, 5.74) is 1.33. The van der Waals surface area contributed by atoms with Gasteiger partial charge < -0.3 is 19.9 Å². The molecule has 0 radical (unpaired) electrons. The van der Waals surface area contributed by atoms with Crippen LogP contribution in [0.25, 0.3) is 10.9 Å². The maximum absolute atomic E-state index is 12.6. The first-order chi connectivity index (χ1) is 12.6. The third-order valence-corrected chi connectivity index (χ3v) is 5.30. The van der Waals surface area contributed by atoms with Gasteiger partial charge in [-0.3, -0.25) is 4.79 Å². The summed E-state index contributed by atoms with van der Waals surface area (Å²) in [7, 11) is 1.61. The van der Waals surface area contributed by atoms with E-state index < -0.39 is 0 Å². The molecule has 7 heteroatoms. The molecule has 0 saturated heterocycles. The molecule has 1 aromatic carbocycles. The minimum absolute atomic E-state index is 0.110. The minimum atomic E-state index is -0.110. The number of H-pyrrole nitrogens is 1. The molecule has 0 aliphatic rings. The molecule has 0 aliphatic heterocycles. The van der Waals surface area contributed by atoms with Gasteiger partial charge in [0.05, 0.1) is 25.7 Å². The molecule has 5 nitrogen and oxygen atoms in total. The molecule has 0 atom stereocenters. The number of nitrogens with zero attached hydrogens (tertiary/aromatic N) is 1. The zero-order chi connectivity index (χ0) is 18.5. The Bertz CT molecular complexity index is 951. The summed E-state index contributed by atoms with van der Waals surface area (Å²) in [5, 5.41) is 6.84. The number of pyridine rings is 1. The third-order valence-electron chi connectivity index (χ3n) is 4.03. The second-order valence-corrected chi connectivity index (χ2v) is 7.27. The average Bonchev–Trinajstić information content (AvgIpc) is 3.14. The van der Waals surface area contributed by atoms with Crippen LogP contribution in [0.5, 0.6) is 5.75 Å². The van der Waals surface area contributed by atoms with E-state index in [1.165, 1.54) is 4.88 Å². The van der Waals surface area contributed by atoms with Crippen molar-refractivity contribution >= 4 is 39.6 Å². The maximum Gasteiger partial charge on any atom is 0.253 e. The van der Waals surface area contributed by atoms with Crippen molar-refractivity contribution < 1.29 is 4.74 Å². The molecule has 3 aromatic rings. The lowest BCUT2D eigenvalue weighted by Gasteiger charge is -2.25. The van der Waals surface area contributed by atoms with Gasteiger partial charge in [-0.25, -0.2) is 0 Å². The number of ether oxygens (including phenoxy) is 1. The molecule has 0 saturated carbocycles. The Hall–Kier alpha value is -2.38. The van der Waals surface area contributed by atoms with Crippen LogP contribution in [0.15, 0.2) is 46.6 Å². The summed E-state index contributed by atoms with van der Waals surface area (Å²) in [6, 6.07) is 11.7. The zero-order valence-electron chi connectivity index (χ0n) is 14.7. The molecular weight excluding hydrogens is 366 g/mol. The van der Waals surface area contributed by atoms with E-state index in [-0.39, 0.29) is 5.56 Å². The molecule has 2 aromatic heterocycles. The van der Waals surface area contributed by atoms with Crippen molar-refractivity contribution in [2.75, 3.05) is 13.7 Å². The van der Waals surface area contributed by atoms with Gasteiger partial charge in [0.15, 0.2) is 5.11 Å². The number of methoxy groups -OCH3 is 1. The van der Waals surface area contributed by atoms with Crippen LogP contribution >= 0.6 is 23.6 Å². The second kappa shape index (κ2) is 8.33. The van der Waals surface area contributed by atoms with Crippen molar-refractivity contribution in [3.63, 3.8) is 0 Å². The van der Waals surface area contributed by atoms with Crippen LogP contribution in [0.1, 0.15) is 17.4 Å². The van der Waals surface area contributed by atoms with Gasteiger partial charge in [0.2, 0.25) is 0 Å². The van der Waals surface area contributed by atoms with Crippen molar-refractivity contribution in [2.24, 2.45) is 0 Å². The summed E-state index contributed by atoms with van der Waals surface area (Å²) in [6.07, 6.45) is 0. The lowest BCUT2D eigenvalue weighted by molar-refractivity contribution is 0.402. The maximum atomic E-state index is 12.6. The van der Waals surface area contributed by atoms with Crippen molar-refractivity contribution in [3.05, 3.63) is 62.6 Å². The van der Waals surface area contributed by atoms with E-state index in [2.05, 4.69) is 16.4 Å². The standard InChI is InChI=1S/C19H21N3O2S2/c1-3-20-19(25)22(12-16-5-4-8-26-16)11-14-9-13-6-7-15(24-2)10-17(13)21-18(14)23/h4-10H,3,11-12H2,1-2H3,(H,20,25)(H,21,23). The summed E-state index contributed by atoms with van der Waals surface area (Å²) < 4.78 is 5.22. The Morgan fingerprint density at radius 2 is 2.15 bits per heavy atom. The quantitative estimate of drug-likeness (QED) is 0.634. The summed E-state index contributed by atoms with van der Waals surface area (Å²) in [5.74, 6) is 0.716. The Balaban J connectivity index is 1.90. The van der Waals surface area contributed by atoms with E-state index in [1.54, 1.807) is 18.4 Å². The predicted octanol–water partition coefficient (Wildman–Crippen LogP) is 3.49. The number of thiocarbonyl (C=S) groups is 1. The fraction of sp³-hybridized carbons (Fsp3) is 0.263. The molecule has 0 spiro atoms. The normalized spacial score (nSPS) is 10.7. The smallest absolute Gasteiger partial charge is 0.253 e. The molecule has 136 valence electrons. The monoisotopic (exact) mass is 387 g/mol. The lowest BCUT2D eigenvalue weighted by atomic mass is 10.1. The molecule has 0 fully saturated rings. The highest BCUT2D eigenvalue weighted by atomic mass is 32.1. The Morgan fingerprint density at radius 3 is 2.85 bits per heavy atom. The number of thiophene rings is 1. The van der Waals surface area contributed by atoms with Crippen molar-refractivity contribution in [3.8, 4) is 5.75 Å². The Labute approximate surface area is 161 Å². The SMILES string of the molecule is CCNC(=S)N(Cc1cccs1)Cc1cc2ccc(OC)cc2[nH]c1=O. The highest BCUT2D eigenvalue weighted by molar-refractivity contribution is 7.80. The van der Waals surface area contributed by atoms with Crippen molar-refractivity contribution in [2.45, 2.75) is 20.0 Å². The fourth-order valence-electron chi connectivity index (χ4n) is 2.73. The average molecular weight is 388 g/mol. The van der Waals surface area contributed by atoms with Gasteiger partial charge in [0.25, 0.3) is 5.56 Å². The summed E-state index contributed by atoms with van der Waals surface area (Å²) in [6.45, 7) is 3.87. The molecule has 26 heavy (non-hydrogen) atoms. The highest BCUT2D eigenvalue weighted by Gasteiger charge is 2.14. The molecule has 0 aliphatic carbocycles. The van der Waals surface area contributed by atoms with Gasteiger partial charge >= 0.3 is 0 Å². The zero-order valence-corrected chi connectivity index (χ0v) is 16.4. The largest absolute Gasteiger partial charge is 0.497 e. The van der Waals surface area contributed by atoms with Gasteiger partial charge in [-0.15, -0.1) is 11.3 Å². The first-order valence-corrected chi connectivity index (χ1v) is 9.64. The van der Waals surface area contributed by atoms with Crippen molar-refractivity contribution in [1.29, 1.82) is 0 Å². The molecule has 0 bridgehead atoms. The van der Waals surface area contributed by atoms with Crippen molar-refractivity contribution in [1.82, 2.24) is 15.2 Å². The molecule has 2 heterocycles. The number of hydrogen-bond acceptors (Lipinski definition) is 4. The molecule has 0 unspecified atom stereocenters. The van der Waals surface area contributed by atoms with E-state index >= 15 is 0 Å². The third kappa shape index (κ3) is 4.23. The first-order valence-electron chi connectivity index (χ1n) is 8.36. The number of fused-ring (bicyclic) bond motifs is 1. The van der Waals surface area contributed by atoms with E-state index in [0.29, 0.717) is 29.5 Å². The molecule has 0 amide bonds. The highest BCUT2D eigenvalue weighted by Crippen LogP contribution is 2.20. The van der Waals surface area contributed by atoms with Crippen LogP contribution in [-0.2, 0) is 13.1 Å². The van der Waals surface area contributed by atoms with E-state index in [1.807, 2.05) is 47.5 Å². The van der Waals surface area contributed by atoms with Gasteiger partial charge in [0, 0.05) is 23.1 Å².